The van der Waals surface area contributed by atoms with Crippen LogP contribution in [0.4, 0.5) is 0 Å². The van der Waals surface area contributed by atoms with E-state index in [1.807, 2.05) is 24.3 Å². The third-order valence-electron chi connectivity index (χ3n) is 3.44. The summed E-state index contributed by atoms with van der Waals surface area (Å²) < 4.78 is 10.8. The summed E-state index contributed by atoms with van der Waals surface area (Å²) in [5, 5.41) is 9.74. The van der Waals surface area contributed by atoms with Crippen molar-refractivity contribution >= 4 is 0 Å². The first kappa shape index (κ1) is 12.6. The number of hydrogen-bond acceptors (Lipinski definition) is 3. The summed E-state index contributed by atoms with van der Waals surface area (Å²) in [6.07, 6.45) is 3.49. The zero-order chi connectivity index (χ0) is 13.9. The molecule has 3 rings (SSSR count). The Balaban J connectivity index is 1.97. The lowest BCUT2D eigenvalue weighted by Gasteiger charge is -2.10. The van der Waals surface area contributed by atoms with Crippen molar-refractivity contribution in [2.24, 2.45) is 0 Å². The van der Waals surface area contributed by atoms with Crippen LogP contribution < -0.4 is 9.47 Å². The van der Waals surface area contributed by atoms with Gasteiger partial charge in [-0.1, -0.05) is 36.4 Å². The monoisotopic (exact) mass is 268 g/mol. The minimum atomic E-state index is 0.126. The predicted molar refractivity (Wildman–Crippen MR) is 77.4 cm³/mol. The lowest BCUT2D eigenvalue weighted by molar-refractivity contribution is 0.171. The number of rotatable bonds is 4. The first-order chi connectivity index (χ1) is 9.79. The Hall–Kier alpha value is -2.42. The van der Waals surface area contributed by atoms with E-state index in [-0.39, 0.29) is 12.5 Å². The van der Waals surface area contributed by atoms with Crippen molar-refractivity contribution in [3.8, 4) is 17.2 Å². The maximum Gasteiger partial charge on any atom is 0.231 e. The summed E-state index contributed by atoms with van der Waals surface area (Å²) in [6.45, 7) is 3.96. The molecule has 0 aliphatic carbocycles. The third-order valence-corrected chi connectivity index (χ3v) is 3.44. The number of fused-ring (bicyclic) bond motifs is 1. The Kier molecular flexibility index (Phi) is 3.33. The zero-order valence-electron chi connectivity index (χ0n) is 11.1. The van der Waals surface area contributed by atoms with Gasteiger partial charge in [0.15, 0.2) is 11.5 Å². The molecule has 0 aromatic heterocycles. The molecule has 3 nitrogen and oxygen atoms in total. The summed E-state index contributed by atoms with van der Waals surface area (Å²) in [5.41, 5.74) is 3.51. The van der Waals surface area contributed by atoms with E-state index in [0.717, 1.165) is 18.4 Å². The molecular formula is C17H16O3. The fourth-order valence-electron chi connectivity index (χ4n) is 2.47. The van der Waals surface area contributed by atoms with Gasteiger partial charge in [-0.05, 0) is 23.6 Å². The maximum absolute atomic E-state index is 9.74. The summed E-state index contributed by atoms with van der Waals surface area (Å²) in [5.74, 6) is 1.22. The van der Waals surface area contributed by atoms with E-state index in [1.54, 1.807) is 6.07 Å². The van der Waals surface area contributed by atoms with E-state index in [9.17, 15) is 5.11 Å². The van der Waals surface area contributed by atoms with Crippen molar-refractivity contribution in [2.45, 2.75) is 12.8 Å². The molecule has 20 heavy (non-hydrogen) atoms. The molecule has 0 bridgehead atoms. The Bertz CT molecular complexity index is 647. The molecular weight excluding hydrogens is 252 g/mol. The number of aromatic hydroxyl groups is 1. The van der Waals surface area contributed by atoms with E-state index in [1.165, 1.54) is 11.1 Å². The molecule has 0 saturated heterocycles. The number of hydrogen-bond donors (Lipinski definition) is 1. The standard InChI is InChI=1S/C17H16O3/c1-2-5-12-6-3-4-7-13(12)10-14-8-9-15(18)17-16(14)19-11-20-17/h2-4,6-9,18H,1,5,10-11H2. The van der Waals surface area contributed by atoms with Crippen LogP contribution in [0.5, 0.6) is 17.2 Å². The van der Waals surface area contributed by atoms with Gasteiger partial charge in [0, 0.05) is 12.0 Å². The van der Waals surface area contributed by atoms with Crippen LogP contribution in [0.15, 0.2) is 49.1 Å². The summed E-state index contributed by atoms with van der Waals surface area (Å²) >= 11 is 0. The molecule has 0 atom stereocenters. The second-order valence-electron chi connectivity index (χ2n) is 4.75. The van der Waals surface area contributed by atoms with Crippen LogP contribution in [-0.2, 0) is 12.8 Å². The predicted octanol–water partition coefficient (Wildman–Crippen LogP) is 3.44. The Morgan fingerprint density at radius 2 is 1.75 bits per heavy atom. The minimum absolute atomic E-state index is 0.126. The Labute approximate surface area is 118 Å². The van der Waals surface area contributed by atoms with Crippen LogP contribution in [0.2, 0.25) is 0 Å². The quantitative estimate of drug-likeness (QED) is 0.863. The molecule has 1 N–H and O–H groups in total. The molecule has 1 heterocycles. The normalized spacial score (nSPS) is 12.4. The molecule has 0 radical (unpaired) electrons. The van der Waals surface area contributed by atoms with Crippen LogP contribution in [-0.4, -0.2) is 11.9 Å². The van der Waals surface area contributed by atoms with Gasteiger partial charge >= 0.3 is 0 Å². The fourth-order valence-corrected chi connectivity index (χ4v) is 2.47. The Morgan fingerprint density at radius 1 is 1.00 bits per heavy atom. The van der Waals surface area contributed by atoms with Gasteiger partial charge < -0.3 is 14.6 Å². The molecule has 0 spiro atoms. The van der Waals surface area contributed by atoms with Crippen LogP contribution in [0.3, 0.4) is 0 Å². The highest BCUT2D eigenvalue weighted by atomic mass is 16.7. The molecule has 0 fully saturated rings. The van der Waals surface area contributed by atoms with Crippen molar-refractivity contribution in [1.29, 1.82) is 0 Å². The van der Waals surface area contributed by atoms with Crippen molar-refractivity contribution in [3.63, 3.8) is 0 Å². The van der Waals surface area contributed by atoms with Gasteiger partial charge in [-0.25, -0.2) is 0 Å². The van der Waals surface area contributed by atoms with Gasteiger partial charge in [-0.3, -0.25) is 0 Å². The van der Waals surface area contributed by atoms with Crippen LogP contribution in [0, 0.1) is 0 Å². The van der Waals surface area contributed by atoms with Gasteiger partial charge in [0.2, 0.25) is 12.5 Å². The SMILES string of the molecule is C=CCc1ccccc1Cc1ccc(O)c2c1OCO2. The maximum atomic E-state index is 9.74. The zero-order valence-corrected chi connectivity index (χ0v) is 11.1. The van der Waals surface area contributed by atoms with Crippen LogP contribution >= 0.6 is 0 Å². The minimum Gasteiger partial charge on any atom is -0.504 e. The van der Waals surface area contributed by atoms with Crippen molar-refractivity contribution in [3.05, 3.63) is 65.7 Å². The van der Waals surface area contributed by atoms with E-state index in [0.29, 0.717) is 11.5 Å². The first-order valence-corrected chi connectivity index (χ1v) is 6.57. The van der Waals surface area contributed by atoms with Gasteiger partial charge in [-0.15, -0.1) is 6.58 Å². The molecule has 0 saturated carbocycles. The van der Waals surface area contributed by atoms with Crippen molar-refractivity contribution in [2.75, 3.05) is 6.79 Å². The lowest BCUT2D eigenvalue weighted by Crippen LogP contribution is -1.97. The lowest BCUT2D eigenvalue weighted by atomic mass is 9.97. The molecule has 3 heteroatoms. The van der Waals surface area contributed by atoms with Crippen LogP contribution in [0.1, 0.15) is 16.7 Å². The largest absolute Gasteiger partial charge is 0.504 e. The highest BCUT2D eigenvalue weighted by molar-refractivity contribution is 5.57. The number of ether oxygens (including phenoxy) is 2. The summed E-state index contributed by atoms with van der Waals surface area (Å²) in [7, 11) is 0. The molecule has 2 aromatic rings. The fraction of sp³-hybridized carbons (Fsp3) is 0.176. The summed E-state index contributed by atoms with van der Waals surface area (Å²) in [6, 6.07) is 11.8. The van der Waals surface area contributed by atoms with Gasteiger partial charge in [0.1, 0.15) is 0 Å². The van der Waals surface area contributed by atoms with Gasteiger partial charge in [0.25, 0.3) is 0 Å². The van der Waals surface area contributed by atoms with Crippen molar-refractivity contribution < 1.29 is 14.6 Å². The van der Waals surface area contributed by atoms with Crippen LogP contribution in [0.25, 0.3) is 0 Å². The van der Waals surface area contributed by atoms with E-state index >= 15 is 0 Å². The average Bonchev–Trinajstić information content (AvgIpc) is 2.95. The topological polar surface area (TPSA) is 38.7 Å². The average molecular weight is 268 g/mol. The number of phenolic OH excluding ortho intramolecular Hbond substituents is 1. The molecule has 1 aliphatic heterocycles. The summed E-state index contributed by atoms with van der Waals surface area (Å²) in [4.78, 5) is 0. The number of phenols is 1. The highest BCUT2D eigenvalue weighted by Gasteiger charge is 2.22. The molecule has 2 aromatic carbocycles. The van der Waals surface area contributed by atoms with E-state index < -0.39 is 0 Å². The smallest absolute Gasteiger partial charge is 0.231 e. The molecule has 0 amide bonds. The van der Waals surface area contributed by atoms with E-state index in [4.69, 9.17) is 9.47 Å². The Morgan fingerprint density at radius 3 is 2.55 bits per heavy atom. The van der Waals surface area contributed by atoms with Gasteiger partial charge in [0.05, 0.1) is 0 Å². The molecule has 1 aliphatic rings. The van der Waals surface area contributed by atoms with Gasteiger partial charge in [-0.2, -0.15) is 0 Å². The molecule has 102 valence electrons. The number of benzene rings is 2. The van der Waals surface area contributed by atoms with E-state index in [2.05, 4.69) is 18.7 Å². The second kappa shape index (κ2) is 5.29. The van der Waals surface area contributed by atoms with Crippen molar-refractivity contribution in [1.82, 2.24) is 0 Å². The number of allylic oxidation sites excluding steroid dienone is 1. The third kappa shape index (κ3) is 2.23. The highest BCUT2D eigenvalue weighted by Crippen LogP contribution is 2.43. The second-order valence-corrected chi connectivity index (χ2v) is 4.75. The molecule has 0 unspecified atom stereocenters. The first-order valence-electron chi connectivity index (χ1n) is 6.57.